The van der Waals surface area contributed by atoms with Gasteiger partial charge in [-0.3, -0.25) is 0 Å². The van der Waals surface area contributed by atoms with Crippen LogP contribution >= 0.6 is 11.6 Å². The van der Waals surface area contributed by atoms with E-state index in [0.717, 1.165) is 5.56 Å². The normalized spacial score (nSPS) is 9.31. The third kappa shape index (κ3) is 2.03. The first kappa shape index (κ1) is 10.5. The Labute approximate surface area is 95.1 Å². The first-order valence-electron chi connectivity index (χ1n) is 3.83. The zero-order chi connectivity index (χ0) is 8.39. The van der Waals surface area contributed by atoms with Crippen molar-refractivity contribution in [3.63, 3.8) is 0 Å². The molecule has 0 aromatic heterocycles. The Kier molecular flexibility index (Phi) is 3.75. The molecule has 0 heterocycles. The summed E-state index contributed by atoms with van der Waals surface area (Å²) >= 11 is 5.68. The molecule has 2 heteroatoms. The largest absolute Gasteiger partial charge is 1.00 e. The molecular formula is C11H8ClLi. The van der Waals surface area contributed by atoms with Crippen LogP contribution in [0.25, 0.3) is 10.8 Å². The van der Waals surface area contributed by atoms with Crippen molar-refractivity contribution < 1.29 is 18.9 Å². The van der Waals surface area contributed by atoms with Gasteiger partial charge in [0.1, 0.15) is 0 Å². The number of halogens is 1. The quantitative estimate of drug-likeness (QED) is 0.448. The van der Waals surface area contributed by atoms with Gasteiger partial charge in [0.15, 0.2) is 0 Å². The maximum Gasteiger partial charge on any atom is 1.00 e. The molecule has 60 valence electrons. The summed E-state index contributed by atoms with van der Waals surface area (Å²) in [6, 6.07) is 14.3. The molecule has 2 rings (SSSR count). The van der Waals surface area contributed by atoms with Crippen molar-refractivity contribution in [1.29, 1.82) is 0 Å². The molecule has 0 amide bonds. The van der Waals surface area contributed by atoms with Gasteiger partial charge in [0, 0.05) is 0 Å². The average Bonchev–Trinajstić information content (AvgIpc) is 2.17. The van der Waals surface area contributed by atoms with Crippen LogP contribution in [0.5, 0.6) is 0 Å². The molecule has 0 nitrogen and oxygen atoms in total. The van der Waals surface area contributed by atoms with Crippen LogP contribution in [0.2, 0.25) is 0 Å². The smallest absolute Gasteiger partial charge is 0.174 e. The molecule has 2 aromatic carbocycles. The molecule has 0 aliphatic heterocycles. The van der Waals surface area contributed by atoms with Crippen LogP contribution in [-0.4, -0.2) is 0 Å². The summed E-state index contributed by atoms with van der Waals surface area (Å²) in [6.07, 6.45) is 0. The molecule has 0 radical (unpaired) electrons. The summed E-state index contributed by atoms with van der Waals surface area (Å²) < 4.78 is 0. The molecule has 0 fully saturated rings. The maximum absolute atomic E-state index is 5.68. The van der Waals surface area contributed by atoms with E-state index in [1.54, 1.807) is 5.88 Å². The Morgan fingerprint density at radius 1 is 0.923 bits per heavy atom. The number of rotatable bonds is 1. The monoisotopic (exact) mass is 182 g/mol. The van der Waals surface area contributed by atoms with Gasteiger partial charge in [-0.1, -0.05) is 35.5 Å². The SMILES string of the molecule is Cl[CH-]c1cccc2ccccc12.[Li+]. The first-order chi connectivity index (χ1) is 5.92. The van der Waals surface area contributed by atoms with Gasteiger partial charge < -0.3 is 0 Å². The minimum absolute atomic E-state index is 0. The van der Waals surface area contributed by atoms with E-state index in [1.807, 2.05) is 24.3 Å². The van der Waals surface area contributed by atoms with Crippen LogP contribution in [0.4, 0.5) is 0 Å². The third-order valence-electron chi connectivity index (χ3n) is 1.94. The number of hydrogen-bond donors (Lipinski definition) is 0. The van der Waals surface area contributed by atoms with Gasteiger partial charge in [-0.05, 0) is 0 Å². The molecule has 0 bridgehead atoms. The van der Waals surface area contributed by atoms with Gasteiger partial charge in [-0.15, -0.1) is 17.5 Å². The van der Waals surface area contributed by atoms with Crippen LogP contribution in [-0.2, 0) is 0 Å². The standard InChI is InChI=1S/C11H8Cl.Li/c12-8-10-6-3-5-9-4-1-2-7-11(9)10;/h1-8H;/q-1;+1. The average molecular weight is 183 g/mol. The van der Waals surface area contributed by atoms with Crippen molar-refractivity contribution >= 4 is 22.4 Å². The molecule has 13 heavy (non-hydrogen) atoms. The van der Waals surface area contributed by atoms with Gasteiger partial charge in [0.2, 0.25) is 0 Å². The molecule has 0 saturated carbocycles. The van der Waals surface area contributed by atoms with Crippen LogP contribution in [0.15, 0.2) is 42.5 Å². The summed E-state index contributed by atoms with van der Waals surface area (Å²) in [5, 5.41) is 2.43. The van der Waals surface area contributed by atoms with Crippen LogP contribution in [0.3, 0.4) is 0 Å². The molecule has 0 aliphatic rings. The van der Waals surface area contributed by atoms with Crippen molar-refractivity contribution in [2.24, 2.45) is 0 Å². The maximum atomic E-state index is 5.68. The van der Waals surface area contributed by atoms with Crippen LogP contribution < -0.4 is 18.9 Å². The van der Waals surface area contributed by atoms with E-state index in [1.165, 1.54) is 10.8 Å². The Hall–Kier alpha value is -0.543. The Bertz CT molecular complexity index is 393. The third-order valence-corrected chi connectivity index (χ3v) is 2.18. The number of fused-ring (bicyclic) bond motifs is 1. The molecule has 0 aliphatic carbocycles. The summed E-state index contributed by atoms with van der Waals surface area (Å²) in [5.41, 5.74) is 1.08. The zero-order valence-corrected chi connectivity index (χ0v) is 8.25. The predicted octanol–water partition coefficient (Wildman–Crippen LogP) is 0.592. The molecule has 0 spiro atoms. The second kappa shape index (κ2) is 4.63. The van der Waals surface area contributed by atoms with Crippen LogP contribution in [0.1, 0.15) is 5.56 Å². The van der Waals surface area contributed by atoms with E-state index in [2.05, 4.69) is 18.2 Å². The molecule has 0 N–H and O–H groups in total. The van der Waals surface area contributed by atoms with Crippen molar-refractivity contribution in [1.82, 2.24) is 0 Å². The molecule has 0 unspecified atom stereocenters. The zero-order valence-electron chi connectivity index (χ0n) is 7.50. The predicted molar refractivity (Wildman–Crippen MR) is 53.2 cm³/mol. The van der Waals surface area contributed by atoms with Crippen molar-refractivity contribution in [2.75, 3.05) is 0 Å². The minimum atomic E-state index is 0. The number of hydrogen-bond acceptors (Lipinski definition) is 0. The van der Waals surface area contributed by atoms with Gasteiger partial charge in [-0.2, -0.15) is 23.2 Å². The topological polar surface area (TPSA) is 0 Å². The van der Waals surface area contributed by atoms with E-state index in [4.69, 9.17) is 11.6 Å². The summed E-state index contributed by atoms with van der Waals surface area (Å²) in [4.78, 5) is 0. The Morgan fingerprint density at radius 2 is 1.62 bits per heavy atom. The van der Waals surface area contributed by atoms with E-state index in [0.29, 0.717) is 0 Å². The van der Waals surface area contributed by atoms with Crippen molar-refractivity contribution in [3.05, 3.63) is 53.9 Å². The van der Waals surface area contributed by atoms with E-state index >= 15 is 0 Å². The fourth-order valence-electron chi connectivity index (χ4n) is 1.35. The van der Waals surface area contributed by atoms with Crippen molar-refractivity contribution in [3.8, 4) is 0 Å². The second-order valence-electron chi connectivity index (χ2n) is 2.68. The second-order valence-corrected chi connectivity index (χ2v) is 2.90. The Balaban J connectivity index is 0.000000845. The molecule has 0 atom stereocenters. The van der Waals surface area contributed by atoms with Gasteiger partial charge in [0.05, 0.1) is 0 Å². The van der Waals surface area contributed by atoms with Gasteiger partial charge in [-0.25, -0.2) is 0 Å². The Morgan fingerprint density at radius 3 is 2.38 bits per heavy atom. The number of benzene rings is 2. The first-order valence-corrected chi connectivity index (χ1v) is 4.26. The minimum Gasteiger partial charge on any atom is -0.174 e. The van der Waals surface area contributed by atoms with E-state index < -0.39 is 0 Å². The van der Waals surface area contributed by atoms with E-state index in [-0.39, 0.29) is 18.9 Å². The van der Waals surface area contributed by atoms with Crippen LogP contribution in [0, 0.1) is 5.88 Å². The molecular weight excluding hydrogens is 175 g/mol. The van der Waals surface area contributed by atoms with Crippen molar-refractivity contribution in [2.45, 2.75) is 0 Å². The fraction of sp³-hybridized carbons (Fsp3) is 0. The summed E-state index contributed by atoms with van der Waals surface area (Å²) in [7, 11) is 0. The molecule has 2 aromatic rings. The van der Waals surface area contributed by atoms with Gasteiger partial charge >= 0.3 is 18.9 Å². The summed E-state index contributed by atoms with van der Waals surface area (Å²) in [6.45, 7) is 0. The van der Waals surface area contributed by atoms with E-state index in [9.17, 15) is 0 Å². The van der Waals surface area contributed by atoms with Gasteiger partial charge in [0.25, 0.3) is 0 Å². The summed E-state index contributed by atoms with van der Waals surface area (Å²) in [5.74, 6) is 1.61. The molecule has 0 saturated heterocycles. The fourth-order valence-corrected chi connectivity index (χ4v) is 1.54.